The highest BCUT2D eigenvalue weighted by molar-refractivity contribution is 6.22. The number of nitrogens with zero attached hydrogens (tertiary/aromatic N) is 1. The first kappa shape index (κ1) is 30.8. The van der Waals surface area contributed by atoms with Crippen molar-refractivity contribution in [2.75, 3.05) is 4.90 Å². The summed E-state index contributed by atoms with van der Waals surface area (Å²) >= 11 is 0. The zero-order chi connectivity index (χ0) is 35.1. The van der Waals surface area contributed by atoms with Gasteiger partial charge in [0.15, 0.2) is 0 Å². The fourth-order valence-electron chi connectivity index (χ4n) is 8.28. The van der Waals surface area contributed by atoms with E-state index in [1.54, 1.807) is 0 Å². The first-order chi connectivity index (χ1) is 26.3. The number of para-hydroxylation sites is 1. The zero-order valence-corrected chi connectivity index (χ0v) is 29.2. The highest BCUT2D eigenvalue weighted by Gasteiger charge is 2.22. The molecule has 1 heteroatoms. The molecule has 0 saturated heterocycles. The molecule has 0 unspecified atom stereocenters. The molecule has 0 spiro atoms. The lowest BCUT2D eigenvalue weighted by molar-refractivity contribution is 1.31. The molecule has 0 aromatic heterocycles. The van der Waals surface area contributed by atoms with Crippen molar-refractivity contribution in [2.24, 2.45) is 0 Å². The molecule has 53 heavy (non-hydrogen) atoms. The van der Waals surface area contributed by atoms with E-state index in [-0.39, 0.29) is 0 Å². The van der Waals surface area contributed by atoms with Crippen molar-refractivity contribution in [3.05, 3.63) is 212 Å². The highest BCUT2D eigenvalue weighted by atomic mass is 15.1. The zero-order valence-electron chi connectivity index (χ0n) is 29.2. The normalized spacial score (nSPS) is 11.4. The molecule has 0 aliphatic rings. The third kappa shape index (κ3) is 5.25. The summed E-state index contributed by atoms with van der Waals surface area (Å²) < 4.78 is 0. The Morgan fingerprint density at radius 2 is 0.679 bits per heavy atom. The molecule has 0 bridgehead atoms. The molecular weight excluding hydrogens is 639 g/mol. The number of hydrogen-bond donors (Lipinski definition) is 0. The average Bonchev–Trinajstić information content (AvgIpc) is 3.24. The predicted molar refractivity (Wildman–Crippen MR) is 227 cm³/mol. The van der Waals surface area contributed by atoms with Gasteiger partial charge in [-0.15, -0.1) is 0 Å². The van der Waals surface area contributed by atoms with Gasteiger partial charge in [0.05, 0.1) is 17.1 Å². The van der Waals surface area contributed by atoms with Crippen LogP contribution in [0.25, 0.3) is 76.5 Å². The monoisotopic (exact) mass is 673 g/mol. The summed E-state index contributed by atoms with van der Waals surface area (Å²) in [5, 5.41) is 9.86. The van der Waals surface area contributed by atoms with Crippen LogP contribution in [0.3, 0.4) is 0 Å². The van der Waals surface area contributed by atoms with Crippen LogP contribution in [-0.4, -0.2) is 0 Å². The Bertz CT molecular complexity index is 2850. The summed E-state index contributed by atoms with van der Waals surface area (Å²) in [6.07, 6.45) is 0. The SMILES string of the molecule is c1ccc(-c2c(-c3ccccc3)c3cc(-c4ccccc4N(c4cccc5ccccc45)c4cccc5ccccc45)ccc3c3ccccc23)cc1. The molecule has 0 saturated carbocycles. The maximum Gasteiger partial charge on any atom is 0.0540 e. The van der Waals surface area contributed by atoms with Crippen LogP contribution < -0.4 is 4.90 Å². The van der Waals surface area contributed by atoms with E-state index in [2.05, 4.69) is 217 Å². The van der Waals surface area contributed by atoms with Gasteiger partial charge >= 0.3 is 0 Å². The first-order valence-electron chi connectivity index (χ1n) is 18.3. The maximum absolute atomic E-state index is 2.47. The van der Waals surface area contributed by atoms with Gasteiger partial charge in [0.2, 0.25) is 0 Å². The Labute approximate surface area is 309 Å². The van der Waals surface area contributed by atoms with Crippen molar-refractivity contribution < 1.29 is 0 Å². The van der Waals surface area contributed by atoms with Gasteiger partial charge in [-0.1, -0.05) is 188 Å². The smallest absolute Gasteiger partial charge is 0.0540 e. The molecule has 0 aliphatic carbocycles. The van der Waals surface area contributed by atoms with E-state index in [0.29, 0.717) is 0 Å². The third-order valence-electron chi connectivity index (χ3n) is 10.6. The summed E-state index contributed by atoms with van der Waals surface area (Å²) in [5.74, 6) is 0. The fourth-order valence-corrected chi connectivity index (χ4v) is 8.28. The maximum atomic E-state index is 2.47. The van der Waals surface area contributed by atoms with Crippen LogP contribution in [0.5, 0.6) is 0 Å². The first-order valence-corrected chi connectivity index (χ1v) is 18.3. The van der Waals surface area contributed by atoms with E-state index in [4.69, 9.17) is 0 Å². The van der Waals surface area contributed by atoms with E-state index in [1.807, 2.05) is 0 Å². The summed E-state index contributed by atoms with van der Waals surface area (Å²) in [7, 11) is 0. The molecule has 0 aliphatic heterocycles. The number of rotatable bonds is 6. The van der Waals surface area contributed by atoms with E-state index in [1.165, 1.54) is 76.5 Å². The summed E-state index contributed by atoms with van der Waals surface area (Å²) in [6, 6.07) is 77.3. The summed E-state index contributed by atoms with van der Waals surface area (Å²) in [4.78, 5) is 2.47. The Hall–Kier alpha value is -6.96. The lowest BCUT2D eigenvalue weighted by Gasteiger charge is -2.30. The minimum absolute atomic E-state index is 1.13. The van der Waals surface area contributed by atoms with Gasteiger partial charge in [-0.3, -0.25) is 0 Å². The van der Waals surface area contributed by atoms with Gasteiger partial charge in [0.25, 0.3) is 0 Å². The van der Waals surface area contributed by atoms with Crippen molar-refractivity contribution in [3.8, 4) is 33.4 Å². The minimum atomic E-state index is 1.13. The van der Waals surface area contributed by atoms with Crippen LogP contribution in [0, 0.1) is 0 Å². The van der Waals surface area contributed by atoms with Gasteiger partial charge in [-0.2, -0.15) is 0 Å². The van der Waals surface area contributed by atoms with E-state index in [0.717, 1.165) is 17.1 Å². The van der Waals surface area contributed by atoms with Gasteiger partial charge < -0.3 is 4.90 Å². The van der Waals surface area contributed by atoms with Gasteiger partial charge in [0.1, 0.15) is 0 Å². The Morgan fingerprint density at radius 1 is 0.245 bits per heavy atom. The van der Waals surface area contributed by atoms with Crippen molar-refractivity contribution in [1.82, 2.24) is 0 Å². The third-order valence-corrected chi connectivity index (χ3v) is 10.6. The van der Waals surface area contributed by atoms with Gasteiger partial charge in [-0.05, 0) is 84.4 Å². The second-order valence-electron chi connectivity index (χ2n) is 13.6. The molecule has 10 aromatic rings. The molecular formula is C52H35N. The molecule has 0 amide bonds. The topological polar surface area (TPSA) is 3.24 Å². The van der Waals surface area contributed by atoms with Crippen molar-refractivity contribution in [3.63, 3.8) is 0 Å². The molecule has 10 rings (SSSR count). The van der Waals surface area contributed by atoms with Crippen LogP contribution >= 0.6 is 0 Å². The predicted octanol–water partition coefficient (Wildman–Crippen LogP) is 14.8. The Morgan fingerprint density at radius 3 is 1.30 bits per heavy atom. The van der Waals surface area contributed by atoms with E-state index >= 15 is 0 Å². The Kier molecular flexibility index (Phi) is 7.55. The molecule has 0 atom stereocenters. The van der Waals surface area contributed by atoms with Crippen molar-refractivity contribution in [2.45, 2.75) is 0 Å². The number of benzene rings is 10. The lowest BCUT2D eigenvalue weighted by atomic mass is 9.84. The molecule has 248 valence electrons. The van der Waals surface area contributed by atoms with Crippen molar-refractivity contribution >= 4 is 60.2 Å². The minimum Gasteiger partial charge on any atom is -0.309 e. The number of hydrogen-bond acceptors (Lipinski definition) is 1. The molecule has 0 radical (unpaired) electrons. The van der Waals surface area contributed by atoms with Crippen LogP contribution in [0.1, 0.15) is 0 Å². The molecule has 10 aromatic carbocycles. The molecule has 0 heterocycles. The van der Waals surface area contributed by atoms with E-state index in [9.17, 15) is 0 Å². The van der Waals surface area contributed by atoms with Crippen LogP contribution in [-0.2, 0) is 0 Å². The molecule has 0 N–H and O–H groups in total. The molecule has 1 nitrogen and oxygen atoms in total. The van der Waals surface area contributed by atoms with Crippen LogP contribution in [0.4, 0.5) is 17.1 Å². The lowest BCUT2D eigenvalue weighted by Crippen LogP contribution is -2.12. The second-order valence-corrected chi connectivity index (χ2v) is 13.6. The quantitative estimate of drug-likeness (QED) is 0.159. The van der Waals surface area contributed by atoms with E-state index < -0.39 is 0 Å². The standard InChI is InChI=1S/C52H35N/c1-3-19-38(20-4-1)51-46-29-12-11-28-44(46)45-34-33-40(35-47(45)52(51)39-21-5-2-6-22-39)43-27-13-14-30-48(43)53(49-31-15-23-36-17-7-9-25-41(36)49)50-32-16-24-37-18-8-10-26-42(37)50/h1-35H. The van der Waals surface area contributed by atoms with Crippen LogP contribution in [0.15, 0.2) is 212 Å². The summed E-state index contributed by atoms with van der Waals surface area (Å²) in [5.41, 5.74) is 10.7. The largest absolute Gasteiger partial charge is 0.309 e. The fraction of sp³-hybridized carbons (Fsp3) is 0. The van der Waals surface area contributed by atoms with Crippen LogP contribution in [0.2, 0.25) is 0 Å². The number of fused-ring (bicyclic) bond motifs is 5. The van der Waals surface area contributed by atoms with Crippen molar-refractivity contribution in [1.29, 1.82) is 0 Å². The average molecular weight is 674 g/mol. The molecule has 0 fully saturated rings. The summed E-state index contributed by atoms with van der Waals surface area (Å²) in [6.45, 7) is 0. The Balaban J connectivity index is 1.29. The highest BCUT2D eigenvalue weighted by Crippen LogP contribution is 2.48. The van der Waals surface area contributed by atoms with Gasteiger partial charge in [-0.25, -0.2) is 0 Å². The number of anilines is 3. The second kappa shape index (κ2) is 13.0. The van der Waals surface area contributed by atoms with Gasteiger partial charge in [0, 0.05) is 16.3 Å².